The zero-order chi connectivity index (χ0) is 24.0. The quantitative estimate of drug-likeness (QED) is 0.381. The minimum atomic E-state index is -10.0. The molecule has 14 heteroatoms. The van der Waals surface area contributed by atoms with Crippen LogP contribution in [-0.4, -0.2) is 45.4 Å². The molecule has 8 nitrogen and oxygen atoms in total. The Bertz CT molecular complexity index is 1250. The van der Waals surface area contributed by atoms with Gasteiger partial charge in [0.25, 0.3) is 0 Å². The van der Waals surface area contributed by atoms with Crippen LogP contribution in [0.2, 0.25) is 0 Å². The molecule has 1 aromatic carbocycles. The summed E-state index contributed by atoms with van der Waals surface area (Å²) in [6, 6.07) is 4.71. The van der Waals surface area contributed by atoms with Crippen LogP contribution < -0.4 is 15.3 Å². The summed E-state index contributed by atoms with van der Waals surface area (Å²) in [5.41, 5.74) is -0.251. The molecule has 0 amide bonds. The molecule has 0 aliphatic heterocycles. The smallest absolute Gasteiger partial charge is 0.313 e. The Balaban J connectivity index is 1.95. The lowest BCUT2D eigenvalue weighted by Gasteiger charge is -2.41. The van der Waals surface area contributed by atoms with E-state index in [-0.39, 0.29) is 22.9 Å². The van der Waals surface area contributed by atoms with E-state index < -0.39 is 33.2 Å². The van der Waals surface area contributed by atoms with Gasteiger partial charge in [-0.05, 0) is 44.2 Å². The predicted octanol–water partition coefficient (Wildman–Crippen LogP) is 4.41. The average Bonchev–Trinajstić information content (AvgIpc) is 3.02. The van der Waals surface area contributed by atoms with Gasteiger partial charge in [-0.3, -0.25) is 10.2 Å². The molecule has 0 aliphatic rings. The fraction of sp³-hybridized carbons (Fsp3) is 0.333. The highest BCUT2D eigenvalue weighted by Crippen LogP contribution is 3.03. The number of ether oxygens (including phenoxy) is 1. The van der Waals surface area contributed by atoms with Crippen LogP contribution in [0.4, 0.5) is 25.2 Å². The van der Waals surface area contributed by atoms with Gasteiger partial charge in [0.05, 0.1) is 7.11 Å². The summed E-state index contributed by atoms with van der Waals surface area (Å²) in [5, 5.41) is 16.7. The fourth-order valence-corrected chi connectivity index (χ4v) is 3.98. The van der Waals surface area contributed by atoms with Crippen molar-refractivity contribution in [2.75, 3.05) is 25.1 Å². The van der Waals surface area contributed by atoms with Crippen LogP contribution in [0.3, 0.4) is 0 Å². The number of hydrogen-bond donors (Lipinski definition) is 1. The van der Waals surface area contributed by atoms with E-state index in [1.807, 2.05) is 18.7 Å². The van der Waals surface area contributed by atoms with Crippen LogP contribution in [0.15, 0.2) is 35.2 Å². The number of halogens is 5. The van der Waals surface area contributed by atoms with Gasteiger partial charge in [-0.25, -0.2) is 4.68 Å². The number of Topliss-reactive ketones (excluding diaryl/α,β-unsaturated/α-hetero) is 1. The van der Waals surface area contributed by atoms with E-state index in [1.165, 1.54) is 4.52 Å². The molecule has 0 bridgehead atoms. The molecule has 2 aromatic heterocycles. The van der Waals surface area contributed by atoms with E-state index >= 15 is 0 Å². The van der Waals surface area contributed by atoms with Crippen LogP contribution in [0, 0.1) is 5.41 Å². The normalized spacial score (nSPS) is 14.1. The van der Waals surface area contributed by atoms with Gasteiger partial charge in [-0.15, -0.1) is 10.2 Å². The SMILES string of the molecule is CCN(CC)c1ccc2nn(CC(=O)c3ccc(S(F)(F)(F)(F)F)c(OC)c3)c(=N)n2n1. The van der Waals surface area contributed by atoms with Crippen molar-refractivity contribution in [3.8, 4) is 5.75 Å². The van der Waals surface area contributed by atoms with Crippen LogP contribution >= 0.6 is 10.2 Å². The van der Waals surface area contributed by atoms with Crippen molar-refractivity contribution in [3.63, 3.8) is 0 Å². The monoisotopic (exact) mass is 480 g/mol. The first-order valence-corrected chi connectivity index (χ1v) is 11.4. The van der Waals surface area contributed by atoms with Gasteiger partial charge in [0.15, 0.2) is 11.4 Å². The summed E-state index contributed by atoms with van der Waals surface area (Å²) in [4.78, 5) is 12.3. The van der Waals surface area contributed by atoms with E-state index in [1.54, 1.807) is 12.1 Å². The molecular weight excluding hydrogens is 459 g/mol. The molecular formula is C18H21F5N6O2S. The topological polar surface area (TPSA) is 88.5 Å². The summed E-state index contributed by atoms with van der Waals surface area (Å²) in [6.07, 6.45) is 0. The maximum Gasteiger partial charge on any atom is 0.313 e. The molecule has 1 N–H and O–H groups in total. The van der Waals surface area contributed by atoms with E-state index in [2.05, 4.69) is 14.9 Å². The summed E-state index contributed by atoms with van der Waals surface area (Å²) >= 11 is 0. The number of methoxy groups -OCH3 is 1. The van der Waals surface area contributed by atoms with Crippen molar-refractivity contribution >= 4 is 27.5 Å². The highest BCUT2D eigenvalue weighted by molar-refractivity contribution is 8.45. The molecule has 0 saturated carbocycles. The number of carbonyl (C=O) groups is 1. The summed E-state index contributed by atoms with van der Waals surface area (Å²) in [6.45, 7) is 4.75. The number of benzene rings is 1. The summed E-state index contributed by atoms with van der Waals surface area (Å²) in [7, 11) is -9.20. The molecule has 3 aromatic rings. The Morgan fingerprint density at radius 3 is 2.31 bits per heavy atom. The molecule has 0 spiro atoms. The number of aromatic nitrogens is 4. The number of rotatable bonds is 8. The van der Waals surface area contributed by atoms with Crippen molar-refractivity contribution in [1.82, 2.24) is 19.4 Å². The van der Waals surface area contributed by atoms with Gasteiger partial charge in [0, 0.05) is 18.7 Å². The minimum Gasteiger partial charge on any atom is -0.495 e. The van der Waals surface area contributed by atoms with Gasteiger partial charge in [0.1, 0.15) is 23.0 Å². The average molecular weight is 480 g/mol. The number of hydrogen-bond acceptors (Lipinski definition) is 6. The molecule has 0 unspecified atom stereocenters. The fourth-order valence-electron chi connectivity index (χ4n) is 3.13. The number of ketones is 1. The van der Waals surface area contributed by atoms with E-state index in [9.17, 15) is 24.2 Å². The highest BCUT2D eigenvalue weighted by atomic mass is 32.5. The maximum absolute atomic E-state index is 13.2. The van der Waals surface area contributed by atoms with Crippen molar-refractivity contribution in [1.29, 1.82) is 5.41 Å². The van der Waals surface area contributed by atoms with Crippen molar-refractivity contribution in [2.24, 2.45) is 0 Å². The summed E-state index contributed by atoms with van der Waals surface area (Å²) in [5.74, 6) is -1.31. The van der Waals surface area contributed by atoms with Crippen molar-refractivity contribution in [2.45, 2.75) is 25.3 Å². The van der Waals surface area contributed by atoms with Gasteiger partial charge in [0.2, 0.25) is 5.62 Å². The highest BCUT2D eigenvalue weighted by Gasteiger charge is 2.67. The molecule has 176 valence electrons. The van der Waals surface area contributed by atoms with Crippen LogP contribution in [0.25, 0.3) is 5.65 Å². The molecule has 2 heterocycles. The predicted molar refractivity (Wildman–Crippen MR) is 109 cm³/mol. The molecule has 0 radical (unpaired) electrons. The lowest BCUT2D eigenvalue weighted by atomic mass is 10.1. The second kappa shape index (κ2) is 7.18. The van der Waals surface area contributed by atoms with Crippen LogP contribution in [0.1, 0.15) is 24.2 Å². The Morgan fingerprint density at radius 1 is 1.09 bits per heavy atom. The Kier molecular flexibility index (Phi) is 5.28. The first-order valence-electron chi connectivity index (χ1n) is 9.40. The standard InChI is InChI=1S/C18H21F5N6O2S/c1-4-27(5-2)16-8-9-17-25-28(18(24)29(17)26-16)11-13(30)12-6-7-15(14(10-12)31-3)32(19,20,21,22)23/h6-10,24H,4-5,11H2,1-3H3. The molecule has 32 heavy (non-hydrogen) atoms. The first-order chi connectivity index (χ1) is 14.7. The number of nitrogens with one attached hydrogen (secondary N) is 1. The van der Waals surface area contributed by atoms with E-state index in [4.69, 9.17) is 5.41 Å². The number of nitrogens with zero attached hydrogens (tertiary/aromatic N) is 5. The van der Waals surface area contributed by atoms with Gasteiger partial charge >= 0.3 is 10.2 Å². The molecule has 0 fully saturated rings. The lowest BCUT2D eigenvalue weighted by molar-refractivity contribution is 0.0965. The Hall–Kier alpha value is -3.16. The second-order valence-electron chi connectivity index (χ2n) is 6.87. The third-order valence-electron chi connectivity index (χ3n) is 4.75. The van der Waals surface area contributed by atoms with Crippen molar-refractivity contribution < 1.29 is 29.0 Å². The van der Waals surface area contributed by atoms with Crippen molar-refractivity contribution in [3.05, 3.63) is 41.5 Å². The maximum atomic E-state index is 13.2. The zero-order valence-electron chi connectivity index (χ0n) is 17.4. The number of fused-ring (bicyclic) bond motifs is 1. The number of carbonyl (C=O) groups excluding carboxylic acids is 1. The second-order valence-corrected chi connectivity index (χ2v) is 9.25. The molecule has 0 saturated heterocycles. The minimum absolute atomic E-state index is 0.126. The van der Waals surface area contributed by atoms with Crippen LogP contribution in [0.5, 0.6) is 5.75 Å². The lowest BCUT2D eigenvalue weighted by Crippen LogP contribution is -2.28. The van der Waals surface area contributed by atoms with Gasteiger partial charge in [-0.2, -0.15) is 4.52 Å². The van der Waals surface area contributed by atoms with E-state index in [0.717, 1.165) is 11.8 Å². The molecule has 0 atom stereocenters. The Labute approximate surface area is 179 Å². The Morgan fingerprint density at radius 2 is 1.75 bits per heavy atom. The van der Waals surface area contributed by atoms with Gasteiger partial charge in [-0.1, -0.05) is 19.4 Å². The third-order valence-corrected chi connectivity index (χ3v) is 5.92. The molecule has 3 rings (SSSR count). The number of anilines is 1. The molecule has 0 aliphatic carbocycles. The largest absolute Gasteiger partial charge is 0.495 e. The van der Waals surface area contributed by atoms with Crippen LogP contribution in [-0.2, 0) is 6.54 Å². The van der Waals surface area contributed by atoms with Gasteiger partial charge < -0.3 is 9.64 Å². The third kappa shape index (κ3) is 4.54. The van der Waals surface area contributed by atoms with E-state index in [0.29, 0.717) is 31.0 Å². The zero-order valence-corrected chi connectivity index (χ0v) is 18.2. The summed E-state index contributed by atoms with van der Waals surface area (Å²) < 4.78 is 72.6. The first kappa shape index (κ1) is 23.5.